The summed E-state index contributed by atoms with van der Waals surface area (Å²) in [4.78, 5) is 8.56. The topological polar surface area (TPSA) is 72.5 Å². The van der Waals surface area contributed by atoms with Gasteiger partial charge >= 0.3 is 0 Å². The van der Waals surface area contributed by atoms with E-state index in [4.69, 9.17) is 10.5 Å². The highest BCUT2D eigenvalue weighted by atomic mass is 127. The van der Waals surface area contributed by atoms with E-state index >= 15 is 0 Å². The lowest BCUT2D eigenvalue weighted by molar-refractivity contribution is 0.323. The molecule has 1 heterocycles. The molecule has 0 saturated carbocycles. The normalized spacial score (nSPS) is 10.8. The number of hydrogen-bond acceptors (Lipinski definition) is 3. The van der Waals surface area contributed by atoms with Gasteiger partial charge in [0, 0.05) is 17.4 Å². The van der Waals surface area contributed by atoms with Crippen molar-refractivity contribution in [3.05, 3.63) is 53.2 Å². The van der Waals surface area contributed by atoms with Crippen molar-refractivity contribution in [2.45, 2.75) is 27.3 Å². The monoisotopic (exact) mass is 426 g/mol. The maximum Gasteiger partial charge on any atom is 0.218 e. The first-order valence-corrected chi connectivity index (χ1v) is 7.30. The quantitative estimate of drug-likeness (QED) is 0.435. The number of aryl methyl sites for hydroxylation is 2. The van der Waals surface area contributed by atoms with Gasteiger partial charge in [-0.05, 0) is 50.1 Å². The van der Waals surface area contributed by atoms with E-state index in [2.05, 4.69) is 35.2 Å². The lowest BCUT2D eigenvalue weighted by Gasteiger charge is -2.09. The zero-order valence-electron chi connectivity index (χ0n) is 13.7. The Labute approximate surface area is 154 Å². The summed E-state index contributed by atoms with van der Waals surface area (Å²) in [5.74, 6) is 0.976. The van der Waals surface area contributed by atoms with Crippen LogP contribution in [0.15, 0.2) is 41.5 Å². The number of nitrogens with zero attached hydrogens (tertiary/aromatic N) is 2. The first-order chi connectivity index (χ1) is 10.6. The zero-order valence-corrected chi connectivity index (χ0v) is 16.0. The average Bonchev–Trinajstić information content (AvgIpc) is 2.45. The number of hydrogen-bond donors (Lipinski definition) is 2. The molecule has 124 valence electrons. The number of guanidine groups is 1. The van der Waals surface area contributed by atoms with Crippen LogP contribution in [0.25, 0.3) is 0 Å². The number of anilines is 1. The Morgan fingerprint density at radius 3 is 2.61 bits per heavy atom. The van der Waals surface area contributed by atoms with Crippen LogP contribution in [0.1, 0.15) is 23.6 Å². The van der Waals surface area contributed by atoms with Gasteiger partial charge in [-0.25, -0.2) is 9.98 Å². The predicted octanol–water partition coefficient (Wildman–Crippen LogP) is 3.64. The Morgan fingerprint density at radius 2 is 1.96 bits per heavy atom. The Bertz CT molecular complexity index is 653. The average molecular weight is 426 g/mol. The van der Waals surface area contributed by atoms with E-state index in [-0.39, 0.29) is 24.0 Å². The van der Waals surface area contributed by atoms with Crippen molar-refractivity contribution in [1.82, 2.24) is 4.98 Å². The van der Waals surface area contributed by atoms with E-state index < -0.39 is 0 Å². The van der Waals surface area contributed by atoms with Gasteiger partial charge in [0.25, 0.3) is 0 Å². The number of aromatic nitrogens is 1. The standard InChI is InChI=1S/C17H22N4O.HI/c1-4-22-16-14(6-5-7-19-16)11-20-17(18)21-15-9-12(2)8-13(3)10-15;/h5-10H,4,11H2,1-3H3,(H3,18,20,21);1H. The van der Waals surface area contributed by atoms with Crippen LogP contribution in [-0.2, 0) is 6.54 Å². The number of rotatable bonds is 5. The van der Waals surface area contributed by atoms with Crippen molar-refractivity contribution < 1.29 is 4.74 Å². The van der Waals surface area contributed by atoms with Crippen molar-refractivity contribution in [2.24, 2.45) is 10.7 Å². The Hall–Kier alpha value is -1.83. The lowest BCUT2D eigenvalue weighted by atomic mass is 10.1. The van der Waals surface area contributed by atoms with E-state index in [1.807, 2.05) is 31.2 Å². The fourth-order valence-electron chi connectivity index (χ4n) is 2.22. The molecule has 2 rings (SSSR count). The number of aliphatic imine (C=N–C) groups is 1. The molecule has 6 heteroatoms. The van der Waals surface area contributed by atoms with Crippen LogP contribution in [0.2, 0.25) is 0 Å². The first kappa shape index (κ1) is 19.2. The van der Waals surface area contributed by atoms with Crippen LogP contribution >= 0.6 is 24.0 Å². The first-order valence-electron chi connectivity index (χ1n) is 7.30. The number of nitrogens with one attached hydrogen (secondary N) is 1. The van der Waals surface area contributed by atoms with Gasteiger partial charge in [-0.1, -0.05) is 12.1 Å². The Kier molecular flexibility index (Phi) is 7.80. The summed E-state index contributed by atoms with van der Waals surface area (Å²) < 4.78 is 5.48. The number of ether oxygens (including phenoxy) is 1. The molecule has 1 aromatic carbocycles. The molecule has 0 aliphatic heterocycles. The Balaban J connectivity index is 0.00000264. The summed E-state index contributed by atoms with van der Waals surface area (Å²) in [6.45, 7) is 7.03. The maximum absolute atomic E-state index is 5.96. The van der Waals surface area contributed by atoms with Gasteiger partial charge < -0.3 is 15.8 Å². The highest BCUT2D eigenvalue weighted by molar-refractivity contribution is 14.0. The van der Waals surface area contributed by atoms with Gasteiger partial charge in [0.1, 0.15) is 0 Å². The highest BCUT2D eigenvalue weighted by Crippen LogP contribution is 2.16. The number of halogens is 1. The Morgan fingerprint density at radius 1 is 1.26 bits per heavy atom. The summed E-state index contributed by atoms with van der Waals surface area (Å²) in [7, 11) is 0. The van der Waals surface area contributed by atoms with Gasteiger partial charge in [-0.2, -0.15) is 0 Å². The van der Waals surface area contributed by atoms with Crippen LogP contribution in [-0.4, -0.2) is 17.6 Å². The van der Waals surface area contributed by atoms with Crippen molar-refractivity contribution in [3.63, 3.8) is 0 Å². The molecule has 23 heavy (non-hydrogen) atoms. The third-order valence-electron chi connectivity index (χ3n) is 3.04. The fraction of sp³-hybridized carbons (Fsp3) is 0.294. The molecule has 0 radical (unpaired) electrons. The lowest BCUT2D eigenvalue weighted by Crippen LogP contribution is -2.22. The fourth-order valence-corrected chi connectivity index (χ4v) is 2.22. The van der Waals surface area contributed by atoms with Crippen LogP contribution in [0.5, 0.6) is 5.88 Å². The minimum absolute atomic E-state index is 0. The SMILES string of the molecule is CCOc1ncccc1CN=C(N)Nc1cc(C)cc(C)c1.I. The maximum atomic E-state index is 5.96. The number of nitrogens with two attached hydrogens (primary N) is 1. The summed E-state index contributed by atoms with van der Waals surface area (Å²) in [6, 6.07) is 9.98. The third kappa shape index (κ3) is 6.05. The molecule has 0 atom stereocenters. The second-order valence-electron chi connectivity index (χ2n) is 5.10. The molecule has 0 fully saturated rings. The molecule has 2 aromatic rings. The summed E-state index contributed by atoms with van der Waals surface area (Å²) in [5, 5.41) is 3.11. The second-order valence-corrected chi connectivity index (χ2v) is 5.10. The van der Waals surface area contributed by atoms with Crippen molar-refractivity contribution >= 4 is 35.6 Å². The molecule has 0 spiro atoms. The van der Waals surface area contributed by atoms with Crippen LogP contribution < -0.4 is 15.8 Å². The summed E-state index contributed by atoms with van der Waals surface area (Å²) >= 11 is 0. The molecule has 0 bridgehead atoms. The van der Waals surface area contributed by atoms with Crippen LogP contribution in [0.3, 0.4) is 0 Å². The molecule has 3 N–H and O–H groups in total. The van der Waals surface area contributed by atoms with Crippen molar-refractivity contribution in [3.8, 4) is 5.88 Å². The van der Waals surface area contributed by atoms with Gasteiger partial charge in [0.2, 0.25) is 5.88 Å². The van der Waals surface area contributed by atoms with Crippen LogP contribution in [0, 0.1) is 13.8 Å². The smallest absolute Gasteiger partial charge is 0.218 e. The van der Waals surface area contributed by atoms with Gasteiger partial charge in [0.05, 0.1) is 13.2 Å². The summed E-state index contributed by atoms with van der Waals surface area (Å²) in [5.41, 5.74) is 10.2. The molecule has 0 amide bonds. The minimum atomic E-state index is 0. The molecule has 0 aliphatic carbocycles. The van der Waals surface area contributed by atoms with E-state index in [1.54, 1.807) is 6.20 Å². The molecular weight excluding hydrogens is 403 g/mol. The van der Waals surface area contributed by atoms with Crippen molar-refractivity contribution in [2.75, 3.05) is 11.9 Å². The largest absolute Gasteiger partial charge is 0.478 e. The van der Waals surface area contributed by atoms with Gasteiger partial charge in [0.15, 0.2) is 5.96 Å². The number of pyridine rings is 1. The molecular formula is C17H23IN4O. The highest BCUT2D eigenvalue weighted by Gasteiger charge is 2.04. The van der Waals surface area contributed by atoms with E-state index in [0.717, 1.165) is 11.3 Å². The van der Waals surface area contributed by atoms with Gasteiger partial charge in [-0.3, -0.25) is 0 Å². The molecule has 0 saturated heterocycles. The third-order valence-corrected chi connectivity index (χ3v) is 3.04. The van der Waals surface area contributed by atoms with E-state index in [0.29, 0.717) is 25.0 Å². The summed E-state index contributed by atoms with van der Waals surface area (Å²) in [6.07, 6.45) is 1.70. The van der Waals surface area contributed by atoms with Crippen molar-refractivity contribution in [1.29, 1.82) is 0 Å². The predicted molar refractivity (Wildman–Crippen MR) is 106 cm³/mol. The van der Waals surface area contributed by atoms with Crippen LogP contribution in [0.4, 0.5) is 5.69 Å². The zero-order chi connectivity index (χ0) is 15.9. The molecule has 1 aromatic heterocycles. The molecule has 5 nitrogen and oxygen atoms in total. The van der Waals surface area contributed by atoms with Gasteiger partial charge in [-0.15, -0.1) is 24.0 Å². The molecule has 0 unspecified atom stereocenters. The molecule has 0 aliphatic rings. The number of benzene rings is 1. The van der Waals surface area contributed by atoms with E-state index in [1.165, 1.54) is 11.1 Å². The minimum Gasteiger partial charge on any atom is -0.478 e. The van der Waals surface area contributed by atoms with E-state index in [9.17, 15) is 0 Å². The second kappa shape index (κ2) is 9.34.